The lowest BCUT2D eigenvalue weighted by Gasteiger charge is -2.21. The van der Waals surface area contributed by atoms with Crippen molar-refractivity contribution in [1.29, 1.82) is 0 Å². The van der Waals surface area contributed by atoms with E-state index in [0.29, 0.717) is 12.0 Å². The van der Waals surface area contributed by atoms with Gasteiger partial charge in [0, 0.05) is 13.1 Å². The van der Waals surface area contributed by atoms with E-state index in [1.807, 2.05) is 18.7 Å². The van der Waals surface area contributed by atoms with Gasteiger partial charge in [0.1, 0.15) is 11.3 Å². The van der Waals surface area contributed by atoms with Crippen LogP contribution in [-0.2, 0) is 13.5 Å². The fourth-order valence-electron chi connectivity index (χ4n) is 2.61. The van der Waals surface area contributed by atoms with E-state index in [9.17, 15) is 0 Å². The first-order valence-corrected chi connectivity index (χ1v) is 7.89. The Labute approximate surface area is 126 Å². The summed E-state index contributed by atoms with van der Waals surface area (Å²) < 4.78 is 4.22. The van der Waals surface area contributed by atoms with Crippen LogP contribution in [0, 0.1) is 5.92 Å². The minimum Gasteiger partial charge on any atom is -0.309 e. The van der Waals surface area contributed by atoms with Gasteiger partial charge in [-0.25, -0.2) is 4.98 Å². The van der Waals surface area contributed by atoms with Crippen molar-refractivity contribution in [1.82, 2.24) is 19.3 Å². The largest absolute Gasteiger partial charge is 0.309 e. The quantitative estimate of drug-likeness (QED) is 0.774. The summed E-state index contributed by atoms with van der Waals surface area (Å²) in [7, 11) is 2.00. The van der Waals surface area contributed by atoms with Crippen molar-refractivity contribution in [2.75, 3.05) is 0 Å². The Balaban J connectivity index is 2.71. The van der Waals surface area contributed by atoms with E-state index in [2.05, 4.69) is 37.4 Å². The van der Waals surface area contributed by atoms with Gasteiger partial charge in [-0.1, -0.05) is 27.2 Å². The topological polar surface area (TPSA) is 35.6 Å². The van der Waals surface area contributed by atoms with Crippen LogP contribution in [0.2, 0.25) is 0 Å². The fraction of sp³-hybridized carbons (Fsp3) is 0.733. The van der Waals surface area contributed by atoms with Crippen molar-refractivity contribution >= 4 is 22.8 Å². The van der Waals surface area contributed by atoms with Crippen molar-refractivity contribution in [2.45, 2.75) is 58.9 Å². The number of halogens is 1. The third-order valence-corrected chi connectivity index (χ3v) is 4.17. The predicted octanol–water partition coefficient (Wildman–Crippen LogP) is 4.24. The minimum atomic E-state index is -0.0990. The molecule has 0 amide bonds. The number of imidazole rings is 1. The predicted molar refractivity (Wildman–Crippen MR) is 84.3 cm³/mol. The van der Waals surface area contributed by atoms with Gasteiger partial charge in [-0.3, -0.25) is 4.68 Å². The molecule has 112 valence electrons. The summed E-state index contributed by atoms with van der Waals surface area (Å²) in [6.07, 6.45) is 2.03. The molecule has 2 heterocycles. The Bertz CT molecular complexity index is 595. The molecule has 0 saturated heterocycles. The zero-order valence-electron chi connectivity index (χ0n) is 13.3. The number of rotatable bonds is 5. The zero-order chi connectivity index (χ0) is 15.0. The van der Waals surface area contributed by atoms with Gasteiger partial charge in [0.15, 0.2) is 5.65 Å². The van der Waals surface area contributed by atoms with Crippen LogP contribution < -0.4 is 0 Å². The lowest BCUT2D eigenvalue weighted by Crippen LogP contribution is -2.16. The number of hydrogen-bond donors (Lipinski definition) is 0. The first kappa shape index (κ1) is 15.4. The molecule has 4 nitrogen and oxygen atoms in total. The third-order valence-electron chi connectivity index (χ3n) is 3.98. The van der Waals surface area contributed by atoms with E-state index < -0.39 is 0 Å². The Hall–Kier alpha value is -1.03. The molecule has 0 aliphatic carbocycles. The first-order valence-electron chi connectivity index (χ1n) is 7.46. The van der Waals surface area contributed by atoms with E-state index in [-0.39, 0.29) is 5.38 Å². The van der Waals surface area contributed by atoms with Crippen LogP contribution in [0.15, 0.2) is 0 Å². The van der Waals surface area contributed by atoms with Gasteiger partial charge >= 0.3 is 0 Å². The highest BCUT2D eigenvalue weighted by atomic mass is 35.5. The van der Waals surface area contributed by atoms with E-state index in [0.717, 1.165) is 35.5 Å². The van der Waals surface area contributed by atoms with Gasteiger partial charge in [-0.05, 0) is 26.2 Å². The summed E-state index contributed by atoms with van der Waals surface area (Å²) in [6.45, 7) is 10.8. The molecule has 0 radical (unpaired) electrons. The maximum Gasteiger partial charge on any atom is 0.158 e. The van der Waals surface area contributed by atoms with Crippen LogP contribution in [-0.4, -0.2) is 19.3 Å². The SMILES string of the molecule is CCCc1nn(C)c2c1nc(C(C)Cl)n2C(C)C(C)C. The normalized spacial score (nSPS) is 15.2. The van der Waals surface area contributed by atoms with Gasteiger partial charge in [0.05, 0.1) is 11.1 Å². The van der Waals surface area contributed by atoms with Crippen LogP contribution in [0.25, 0.3) is 11.2 Å². The second kappa shape index (κ2) is 5.76. The summed E-state index contributed by atoms with van der Waals surface area (Å²) in [5.41, 5.74) is 3.19. The maximum atomic E-state index is 6.35. The number of alkyl halides is 1. The number of nitrogens with zero attached hydrogens (tertiary/aromatic N) is 4. The summed E-state index contributed by atoms with van der Waals surface area (Å²) in [6, 6.07) is 0.348. The molecule has 0 N–H and O–H groups in total. The second-order valence-corrected chi connectivity index (χ2v) is 6.59. The third kappa shape index (κ3) is 2.46. The monoisotopic (exact) mass is 296 g/mol. The second-order valence-electron chi connectivity index (χ2n) is 5.93. The van der Waals surface area contributed by atoms with Gasteiger partial charge in [0.2, 0.25) is 0 Å². The zero-order valence-corrected chi connectivity index (χ0v) is 14.1. The Kier molecular flexibility index (Phi) is 4.43. The molecule has 0 aliphatic rings. The molecule has 0 spiro atoms. The van der Waals surface area contributed by atoms with E-state index in [1.54, 1.807) is 0 Å². The lowest BCUT2D eigenvalue weighted by atomic mass is 10.1. The molecule has 2 rings (SSSR count). The highest BCUT2D eigenvalue weighted by molar-refractivity contribution is 6.20. The van der Waals surface area contributed by atoms with Crippen LogP contribution >= 0.6 is 11.6 Å². The molecule has 2 aromatic rings. The molecule has 2 atom stereocenters. The number of fused-ring (bicyclic) bond motifs is 1. The summed E-state index contributed by atoms with van der Waals surface area (Å²) in [4.78, 5) is 4.80. The van der Waals surface area contributed by atoms with Gasteiger partial charge in [-0.15, -0.1) is 11.6 Å². The first-order chi connectivity index (χ1) is 9.38. The van der Waals surface area contributed by atoms with Crippen molar-refractivity contribution in [3.63, 3.8) is 0 Å². The molecule has 2 aromatic heterocycles. The molecule has 0 saturated carbocycles. The van der Waals surface area contributed by atoms with E-state index >= 15 is 0 Å². The smallest absolute Gasteiger partial charge is 0.158 e. The molecule has 2 unspecified atom stereocenters. The van der Waals surface area contributed by atoms with Crippen molar-refractivity contribution in [2.24, 2.45) is 13.0 Å². The molecular weight excluding hydrogens is 272 g/mol. The van der Waals surface area contributed by atoms with E-state index in [4.69, 9.17) is 16.6 Å². The molecule has 0 fully saturated rings. The highest BCUT2D eigenvalue weighted by Gasteiger charge is 2.25. The Morgan fingerprint density at radius 3 is 2.35 bits per heavy atom. The van der Waals surface area contributed by atoms with Crippen LogP contribution in [0.5, 0.6) is 0 Å². The van der Waals surface area contributed by atoms with Gasteiger partial charge in [-0.2, -0.15) is 5.10 Å². The number of aromatic nitrogens is 4. The average Bonchev–Trinajstić information content (AvgIpc) is 2.88. The Morgan fingerprint density at radius 2 is 1.85 bits per heavy atom. The summed E-state index contributed by atoms with van der Waals surface area (Å²) in [5, 5.41) is 4.53. The fourth-order valence-corrected chi connectivity index (χ4v) is 2.76. The van der Waals surface area contributed by atoms with Gasteiger partial charge in [0.25, 0.3) is 0 Å². The van der Waals surface area contributed by atoms with E-state index in [1.165, 1.54) is 0 Å². The average molecular weight is 297 g/mol. The van der Waals surface area contributed by atoms with Crippen molar-refractivity contribution in [3.05, 3.63) is 11.5 Å². The summed E-state index contributed by atoms with van der Waals surface area (Å²) >= 11 is 6.35. The molecule has 0 bridgehead atoms. The van der Waals surface area contributed by atoms with Crippen LogP contribution in [0.4, 0.5) is 0 Å². The molecule has 0 aliphatic heterocycles. The maximum absolute atomic E-state index is 6.35. The minimum absolute atomic E-state index is 0.0990. The summed E-state index contributed by atoms with van der Waals surface area (Å²) in [5.74, 6) is 1.47. The van der Waals surface area contributed by atoms with Crippen molar-refractivity contribution < 1.29 is 0 Å². The van der Waals surface area contributed by atoms with Crippen LogP contribution in [0.1, 0.15) is 64.0 Å². The highest BCUT2D eigenvalue weighted by Crippen LogP contribution is 2.32. The molecular formula is C15H25ClN4. The molecule has 0 aromatic carbocycles. The standard InChI is InChI=1S/C15H25ClN4/c1-7-8-12-13-15(19(6)18-12)20(11(5)9(2)3)14(17-13)10(4)16/h9-11H,7-8H2,1-6H3. The number of hydrogen-bond acceptors (Lipinski definition) is 2. The van der Waals surface area contributed by atoms with Crippen LogP contribution in [0.3, 0.4) is 0 Å². The van der Waals surface area contributed by atoms with Crippen molar-refractivity contribution in [3.8, 4) is 0 Å². The van der Waals surface area contributed by atoms with Gasteiger partial charge < -0.3 is 4.57 Å². The number of aryl methyl sites for hydroxylation is 2. The lowest BCUT2D eigenvalue weighted by molar-refractivity contribution is 0.400. The molecule has 20 heavy (non-hydrogen) atoms. The molecule has 5 heteroatoms. The Morgan fingerprint density at radius 1 is 1.20 bits per heavy atom.